The fourth-order valence-corrected chi connectivity index (χ4v) is 2.08. The highest BCUT2D eigenvalue weighted by Crippen LogP contribution is 2.26. The summed E-state index contributed by atoms with van der Waals surface area (Å²) in [5.74, 6) is 0.761. The molecule has 0 aliphatic carbocycles. The lowest BCUT2D eigenvalue weighted by molar-refractivity contribution is 0.0584. The summed E-state index contributed by atoms with van der Waals surface area (Å²) in [5.41, 5.74) is 0. The predicted octanol–water partition coefficient (Wildman–Crippen LogP) is 3.42. The highest BCUT2D eigenvalue weighted by Gasteiger charge is 2.29. The fraction of sp³-hybridized carbons (Fsp3) is 0.429. The van der Waals surface area contributed by atoms with Crippen LogP contribution in [0.15, 0.2) is 30.3 Å². The van der Waals surface area contributed by atoms with Gasteiger partial charge in [0.2, 0.25) is 0 Å². The quantitative estimate of drug-likeness (QED) is 0.494. The minimum atomic E-state index is -0.784. The average Bonchev–Trinajstić information content (AvgIpc) is 2.51. The van der Waals surface area contributed by atoms with Crippen molar-refractivity contribution in [2.45, 2.75) is 16.8 Å². The second kappa shape index (κ2) is 8.97. The third kappa shape index (κ3) is 5.92. The average molecular weight is 402 g/mol. The Hall–Kier alpha value is -1.08. The summed E-state index contributed by atoms with van der Waals surface area (Å²) in [6.07, 6.45) is -0.359. The molecule has 1 aromatic rings. The summed E-state index contributed by atoms with van der Waals surface area (Å²) in [4.78, 5) is 0. The van der Waals surface area contributed by atoms with Gasteiger partial charge in [0, 0.05) is 11.8 Å². The Morgan fingerprint density at radius 1 is 1.20 bits per heavy atom. The van der Waals surface area contributed by atoms with E-state index in [9.17, 15) is 0 Å². The number of ether oxygens (including phenoxy) is 2. The molecule has 106 valence electrons. The zero-order chi connectivity index (χ0) is 14.8. The van der Waals surface area contributed by atoms with Crippen LogP contribution in [0.1, 0.15) is 6.42 Å². The topological polar surface area (TPSA) is 66.0 Å². The highest BCUT2D eigenvalue weighted by atomic mass is 79.9. The molecule has 0 fully saturated rings. The molecule has 0 aromatic heterocycles. The molecule has 0 aliphatic rings. The standard InChI is InChI=1S/C14H14Br2N2O2/c15-10-14(16,11-18)8-13(9-17)20-7-6-19-12-4-2-1-3-5-12/h1-5,13H,6-8,10H2. The lowest BCUT2D eigenvalue weighted by atomic mass is 10.1. The molecule has 0 amide bonds. The number of para-hydroxylation sites is 1. The number of halogens is 2. The molecular formula is C14H14Br2N2O2. The largest absolute Gasteiger partial charge is 0.491 e. The van der Waals surface area contributed by atoms with Gasteiger partial charge in [0.15, 0.2) is 0 Å². The molecule has 6 heteroatoms. The molecule has 0 saturated carbocycles. The Morgan fingerprint density at radius 2 is 1.90 bits per heavy atom. The molecule has 4 nitrogen and oxygen atoms in total. The van der Waals surface area contributed by atoms with Gasteiger partial charge in [-0.2, -0.15) is 10.5 Å². The summed E-state index contributed by atoms with van der Waals surface area (Å²) >= 11 is 6.54. The molecule has 0 aliphatic heterocycles. The van der Waals surface area contributed by atoms with E-state index in [1.54, 1.807) is 0 Å². The molecule has 2 atom stereocenters. The van der Waals surface area contributed by atoms with E-state index in [0.29, 0.717) is 18.5 Å². The van der Waals surface area contributed by atoms with E-state index in [0.717, 1.165) is 5.75 Å². The van der Waals surface area contributed by atoms with E-state index < -0.39 is 10.4 Å². The Labute approximate surface area is 135 Å². The number of nitrogens with zero attached hydrogens (tertiary/aromatic N) is 2. The molecule has 0 radical (unpaired) electrons. The second-order valence-corrected chi connectivity index (χ2v) is 6.14. The lowest BCUT2D eigenvalue weighted by Crippen LogP contribution is -2.29. The van der Waals surface area contributed by atoms with Gasteiger partial charge >= 0.3 is 0 Å². The minimum Gasteiger partial charge on any atom is -0.491 e. The second-order valence-electron chi connectivity index (χ2n) is 4.06. The van der Waals surface area contributed by atoms with E-state index in [2.05, 4.69) is 37.9 Å². The molecule has 0 bridgehead atoms. The Bertz CT molecular complexity index is 484. The normalized spacial score (nSPS) is 14.6. The zero-order valence-corrected chi connectivity index (χ0v) is 13.9. The van der Waals surface area contributed by atoms with E-state index in [1.807, 2.05) is 36.4 Å². The van der Waals surface area contributed by atoms with Crippen LogP contribution in [0.25, 0.3) is 0 Å². The molecule has 1 rings (SSSR count). The Kier molecular flexibility index (Phi) is 7.61. The molecule has 0 N–H and O–H groups in total. The Balaban J connectivity index is 2.32. The fourth-order valence-electron chi connectivity index (χ4n) is 1.43. The first-order valence-corrected chi connectivity index (χ1v) is 7.90. The first-order valence-electron chi connectivity index (χ1n) is 5.99. The molecule has 20 heavy (non-hydrogen) atoms. The van der Waals surface area contributed by atoms with Gasteiger partial charge < -0.3 is 9.47 Å². The van der Waals surface area contributed by atoms with Crippen LogP contribution in [0.5, 0.6) is 5.75 Å². The summed E-state index contributed by atoms with van der Waals surface area (Å²) in [6.45, 7) is 0.655. The maximum absolute atomic E-state index is 9.04. The smallest absolute Gasteiger partial charge is 0.146 e. The van der Waals surface area contributed by atoms with E-state index >= 15 is 0 Å². The summed E-state index contributed by atoms with van der Waals surface area (Å²) < 4.78 is 10.1. The van der Waals surface area contributed by atoms with Gasteiger partial charge in [-0.3, -0.25) is 0 Å². The molecule has 1 aromatic carbocycles. The maximum Gasteiger partial charge on any atom is 0.146 e. The highest BCUT2D eigenvalue weighted by molar-refractivity contribution is 9.12. The summed E-state index contributed by atoms with van der Waals surface area (Å²) in [7, 11) is 0. The van der Waals surface area contributed by atoms with Crippen LogP contribution in [-0.2, 0) is 4.74 Å². The first-order chi connectivity index (χ1) is 9.63. The molecule has 0 spiro atoms. The van der Waals surface area contributed by atoms with Crippen molar-refractivity contribution in [1.82, 2.24) is 0 Å². The number of rotatable bonds is 8. The van der Waals surface area contributed by atoms with Crippen LogP contribution in [0.3, 0.4) is 0 Å². The van der Waals surface area contributed by atoms with Crippen molar-refractivity contribution < 1.29 is 9.47 Å². The Morgan fingerprint density at radius 3 is 2.45 bits per heavy atom. The number of hydrogen-bond acceptors (Lipinski definition) is 4. The molecule has 0 heterocycles. The third-order valence-electron chi connectivity index (χ3n) is 2.48. The molecule has 2 unspecified atom stereocenters. The van der Waals surface area contributed by atoms with Crippen LogP contribution in [0.4, 0.5) is 0 Å². The van der Waals surface area contributed by atoms with Crippen molar-refractivity contribution in [3.05, 3.63) is 30.3 Å². The van der Waals surface area contributed by atoms with Gasteiger partial charge in [-0.15, -0.1) is 0 Å². The van der Waals surface area contributed by atoms with Crippen molar-refractivity contribution in [3.8, 4) is 17.9 Å². The van der Waals surface area contributed by atoms with Crippen LogP contribution in [-0.4, -0.2) is 29.0 Å². The number of nitriles is 2. The van der Waals surface area contributed by atoms with Crippen molar-refractivity contribution in [3.63, 3.8) is 0 Å². The third-order valence-corrected chi connectivity index (χ3v) is 4.97. The molecular weight excluding hydrogens is 388 g/mol. The molecule has 0 saturated heterocycles. The van der Waals surface area contributed by atoms with Crippen LogP contribution >= 0.6 is 31.9 Å². The van der Waals surface area contributed by atoms with E-state index in [4.69, 9.17) is 20.0 Å². The van der Waals surface area contributed by atoms with Gasteiger partial charge in [0.05, 0.1) is 18.7 Å². The van der Waals surface area contributed by atoms with Gasteiger partial charge in [-0.05, 0) is 12.1 Å². The van der Waals surface area contributed by atoms with Crippen LogP contribution in [0.2, 0.25) is 0 Å². The number of benzene rings is 1. The number of alkyl halides is 2. The monoisotopic (exact) mass is 400 g/mol. The lowest BCUT2D eigenvalue weighted by Gasteiger charge is -2.19. The first kappa shape index (κ1) is 17.0. The minimum absolute atomic E-state index is 0.288. The summed E-state index contributed by atoms with van der Waals surface area (Å²) in [5, 5.41) is 18.5. The van der Waals surface area contributed by atoms with Gasteiger partial charge in [0.1, 0.15) is 22.8 Å². The van der Waals surface area contributed by atoms with Crippen molar-refractivity contribution in [2.75, 3.05) is 18.5 Å². The van der Waals surface area contributed by atoms with Crippen LogP contribution in [0, 0.1) is 22.7 Å². The van der Waals surface area contributed by atoms with Gasteiger partial charge in [-0.1, -0.05) is 50.1 Å². The van der Waals surface area contributed by atoms with E-state index in [1.165, 1.54) is 0 Å². The SMILES string of the molecule is N#CC(CC(Br)(C#N)CBr)OCCOc1ccccc1. The zero-order valence-electron chi connectivity index (χ0n) is 10.8. The van der Waals surface area contributed by atoms with Crippen molar-refractivity contribution in [1.29, 1.82) is 10.5 Å². The van der Waals surface area contributed by atoms with Crippen molar-refractivity contribution in [2.24, 2.45) is 0 Å². The van der Waals surface area contributed by atoms with Crippen molar-refractivity contribution >= 4 is 31.9 Å². The number of hydrogen-bond donors (Lipinski definition) is 0. The van der Waals surface area contributed by atoms with E-state index in [-0.39, 0.29) is 6.42 Å². The van der Waals surface area contributed by atoms with Gasteiger partial charge in [0.25, 0.3) is 0 Å². The predicted molar refractivity (Wildman–Crippen MR) is 83.0 cm³/mol. The van der Waals surface area contributed by atoms with Crippen LogP contribution < -0.4 is 4.74 Å². The maximum atomic E-state index is 9.04. The van der Waals surface area contributed by atoms with Gasteiger partial charge in [-0.25, -0.2) is 0 Å². The summed E-state index contributed by atoms with van der Waals surface area (Å²) in [6, 6.07) is 13.5.